The van der Waals surface area contributed by atoms with Gasteiger partial charge in [0.2, 0.25) is 5.76 Å². The van der Waals surface area contributed by atoms with Crippen LogP contribution in [0.4, 0.5) is 0 Å². The molecule has 0 aromatic carbocycles. The van der Waals surface area contributed by atoms with E-state index in [1.54, 1.807) is 6.07 Å². The van der Waals surface area contributed by atoms with Crippen molar-refractivity contribution in [1.82, 2.24) is 5.32 Å². The zero-order valence-electron chi connectivity index (χ0n) is 9.74. The fourth-order valence-electron chi connectivity index (χ4n) is 2.01. The lowest BCUT2D eigenvalue weighted by Crippen LogP contribution is -2.14. The highest BCUT2D eigenvalue weighted by Gasteiger charge is 2.08. The zero-order valence-corrected chi connectivity index (χ0v) is 9.74. The molecule has 0 fully saturated rings. The fourth-order valence-corrected chi connectivity index (χ4v) is 2.01. The van der Waals surface area contributed by atoms with E-state index in [0.29, 0.717) is 12.3 Å². The van der Waals surface area contributed by atoms with E-state index in [4.69, 9.17) is 9.52 Å². The molecule has 17 heavy (non-hydrogen) atoms. The van der Waals surface area contributed by atoms with Gasteiger partial charge in [-0.1, -0.05) is 11.6 Å². The fraction of sp³-hybridized carbons (Fsp3) is 0.462. The Bertz CT molecular complexity index is 420. The van der Waals surface area contributed by atoms with Crippen molar-refractivity contribution in [3.63, 3.8) is 0 Å². The van der Waals surface area contributed by atoms with Crippen molar-refractivity contribution in [2.75, 3.05) is 6.54 Å². The molecule has 0 spiro atoms. The molecule has 1 aliphatic carbocycles. The van der Waals surface area contributed by atoms with Crippen LogP contribution >= 0.6 is 0 Å². The second-order valence-corrected chi connectivity index (χ2v) is 4.25. The summed E-state index contributed by atoms with van der Waals surface area (Å²) in [5, 5.41) is 11.9. The van der Waals surface area contributed by atoms with E-state index in [2.05, 4.69) is 11.4 Å². The summed E-state index contributed by atoms with van der Waals surface area (Å²) in [6.45, 7) is 1.50. The highest BCUT2D eigenvalue weighted by atomic mass is 16.4. The highest BCUT2D eigenvalue weighted by molar-refractivity contribution is 5.84. The smallest absolute Gasteiger partial charge is 0.371 e. The van der Waals surface area contributed by atoms with Crippen molar-refractivity contribution in [3.8, 4) is 0 Å². The van der Waals surface area contributed by atoms with E-state index in [9.17, 15) is 4.79 Å². The van der Waals surface area contributed by atoms with E-state index < -0.39 is 5.97 Å². The first-order chi connectivity index (χ1) is 8.25. The van der Waals surface area contributed by atoms with Crippen LogP contribution in [0.3, 0.4) is 0 Å². The van der Waals surface area contributed by atoms with E-state index >= 15 is 0 Å². The minimum atomic E-state index is -1.02. The van der Waals surface area contributed by atoms with Gasteiger partial charge in [0.1, 0.15) is 5.76 Å². The van der Waals surface area contributed by atoms with E-state index in [1.807, 2.05) is 0 Å². The SMILES string of the molecule is O=C(O)c1ccc(CNCCC2=CCCC2)o1. The van der Waals surface area contributed by atoms with E-state index in [0.717, 1.165) is 13.0 Å². The summed E-state index contributed by atoms with van der Waals surface area (Å²) in [6, 6.07) is 3.18. The van der Waals surface area contributed by atoms with Crippen molar-refractivity contribution in [2.24, 2.45) is 0 Å². The highest BCUT2D eigenvalue weighted by Crippen LogP contribution is 2.19. The summed E-state index contributed by atoms with van der Waals surface area (Å²) >= 11 is 0. The van der Waals surface area contributed by atoms with E-state index in [-0.39, 0.29) is 5.76 Å². The molecule has 1 aliphatic rings. The van der Waals surface area contributed by atoms with Gasteiger partial charge in [0.05, 0.1) is 6.54 Å². The van der Waals surface area contributed by atoms with Crippen LogP contribution in [0.2, 0.25) is 0 Å². The lowest BCUT2D eigenvalue weighted by Gasteiger charge is -2.03. The van der Waals surface area contributed by atoms with Gasteiger partial charge < -0.3 is 14.8 Å². The van der Waals surface area contributed by atoms with Gasteiger partial charge >= 0.3 is 5.97 Å². The average Bonchev–Trinajstić information content (AvgIpc) is 2.96. The van der Waals surface area contributed by atoms with Crippen LogP contribution in [0, 0.1) is 0 Å². The molecule has 0 aliphatic heterocycles. The van der Waals surface area contributed by atoms with Gasteiger partial charge in [-0.15, -0.1) is 0 Å². The predicted octanol–water partition coefficient (Wildman–Crippen LogP) is 2.57. The van der Waals surface area contributed by atoms with Gasteiger partial charge in [0, 0.05) is 0 Å². The van der Waals surface area contributed by atoms with Gasteiger partial charge in [0.15, 0.2) is 0 Å². The summed E-state index contributed by atoms with van der Waals surface area (Å²) in [6.07, 6.45) is 7.13. The minimum absolute atomic E-state index is 0.000279. The zero-order chi connectivity index (χ0) is 12.1. The van der Waals surface area contributed by atoms with Crippen molar-refractivity contribution < 1.29 is 14.3 Å². The molecule has 0 bridgehead atoms. The van der Waals surface area contributed by atoms with Gasteiger partial charge in [0.25, 0.3) is 0 Å². The Morgan fingerprint density at radius 1 is 1.47 bits per heavy atom. The molecule has 0 saturated carbocycles. The number of furan rings is 1. The van der Waals surface area contributed by atoms with Gasteiger partial charge in [-0.3, -0.25) is 0 Å². The van der Waals surface area contributed by atoms with Crippen molar-refractivity contribution in [3.05, 3.63) is 35.3 Å². The van der Waals surface area contributed by atoms with Gasteiger partial charge in [-0.2, -0.15) is 0 Å². The Hall–Kier alpha value is -1.55. The first-order valence-corrected chi connectivity index (χ1v) is 5.96. The minimum Gasteiger partial charge on any atom is -0.475 e. The first-order valence-electron chi connectivity index (χ1n) is 5.96. The van der Waals surface area contributed by atoms with Crippen molar-refractivity contribution in [2.45, 2.75) is 32.2 Å². The van der Waals surface area contributed by atoms with Crippen LogP contribution in [0.25, 0.3) is 0 Å². The summed E-state index contributed by atoms with van der Waals surface area (Å²) in [7, 11) is 0. The molecule has 0 radical (unpaired) electrons. The molecule has 4 heteroatoms. The number of rotatable bonds is 6. The predicted molar refractivity (Wildman–Crippen MR) is 63.9 cm³/mol. The second kappa shape index (κ2) is 5.68. The molecule has 0 unspecified atom stereocenters. The molecule has 1 aromatic heterocycles. The topological polar surface area (TPSA) is 62.5 Å². The summed E-state index contributed by atoms with van der Waals surface area (Å²) in [5.74, 6) is -0.351. The van der Waals surface area contributed by atoms with Crippen molar-refractivity contribution >= 4 is 5.97 Å². The molecular weight excluding hydrogens is 218 g/mol. The quantitative estimate of drug-likeness (QED) is 0.587. The normalized spacial score (nSPS) is 14.9. The summed E-state index contributed by atoms with van der Waals surface area (Å²) in [4.78, 5) is 10.6. The molecular formula is C13H17NO3. The number of hydrogen-bond donors (Lipinski definition) is 2. The Balaban J connectivity index is 1.68. The number of allylic oxidation sites excluding steroid dienone is 1. The Kier molecular flexibility index (Phi) is 3.98. The first kappa shape index (κ1) is 11.9. The monoisotopic (exact) mass is 235 g/mol. The number of hydrogen-bond acceptors (Lipinski definition) is 3. The van der Waals surface area contributed by atoms with Crippen LogP contribution in [0.15, 0.2) is 28.2 Å². The van der Waals surface area contributed by atoms with Crippen LogP contribution in [-0.2, 0) is 6.54 Å². The van der Waals surface area contributed by atoms with Crippen LogP contribution in [0.1, 0.15) is 42.0 Å². The molecule has 0 atom stereocenters. The maximum Gasteiger partial charge on any atom is 0.371 e. The third-order valence-corrected chi connectivity index (χ3v) is 2.93. The number of carboxylic acids is 1. The molecule has 2 N–H and O–H groups in total. The third-order valence-electron chi connectivity index (χ3n) is 2.93. The van der Waals surface area contributed by atoms with Crippen LogP contribution < -0.4 is 5.32 Å². The van der Waals surface area contributed by atoms with Gasteiger partial charge in [-0.25, -0.2) is 4.79 Å². The lowest BCUT2D eigenvalue weighted by molar-refractivity contribution is 0.0660. The van der Waals surface area contributed by atoms with Crippen LogP contribution in [0.5, 0.6) is 0 Å². The molecule has 1 heterocycles. The average molecular weight is 235 g/mol. The number of carbonyl (C=O) groups is 1. The summed E-state index contributed by atoms with van der Waals surface area (Å²) < 4.78 is 5.14. The summed E-state index contributed by atoms with van der Waals surface area (Å²) in [5.41, 5.74) is 1.53. The van der Waals surface area contributed by atoms with E-state index in [1.165, 1.54) is 30.9 Å². The van der Waals surface area contributed by atoms with Crippen LogP contribution in [-0.4, -0.2) is 17.6 Å². The Morgan fingerprint density at radius 3 is 3.00 bits per heavy atom. The molecule has 1 aromatic rings. The lowest BCUT2D eigenvalue weighted by atomic mass is 10.2. The molecule has 0 saturated heterocycles. The molecule has 4 nitrogen and oxygen atoms in total. The molecule has 0 amide bonds. The Labute approximate surface area is 100 Å². The largest absolute Gasteiger partial charge is 0.475 e. The maximum absolute atomic E-state index is 10.6. The third kappa shape index (κ3) is 3.46. The number of nitrogens with one attached hydrogen (secondary N) is 1. The molecule has 2 rings (SSSR count). The van der Waals surface area contributed by atoms with Crippen molar-refractivity contribution in [1.29, 1.82) is 0 Å². The second-order valence-electron chi connectivity index (χ2n) is 4.25. The van der Waals surface area contributed by atoms with Gasteiger partial charge in [-0.05, 0) is 44.4 Å². The molecule has 92 valence electrons. The number of aromatic carboxylic acids is 1. The maximum atomic E-state index is 10.6. The standard InChI is InChI=1S/C13H17NO3/c15-13(16)12-6-5-11(17-12)9-14-8-7-10-3-1-2-4-10/h3,5-6,14H,1-2,4,7-9H2,(H,15,16). The number of carboxylic acid groups (broad SMARTS) is 1. The Morgan fingerprint density at radius 2 is 2.35 bits per heavy atom.